The summed E-state index contributed by atoms with van der Waals surface area (Å²) in [5.41, 5.74) is 2.28. The number of hydrogen-bond acceptors (Lipinski definition) is 9. The summed E-state index contributed by atoms with van der Waals surface area (Å²) in [5.74, 6) is 0. The first-order chi connectivity index (χ1) is 19.5. The van der Waals surface area contributed by atoms with Crippen molar-refractivity contribution >= 4 is 22.2 Å². The number of aromatic nitrogens is 6. The third-order valence-corrected chi connectivity index (χ3v) is 7.09. The van der Waals surface area contributed by atoms with Gasteiger partial charge >= 0.3 is 12.2 Å². The number of nitrogens with zero attached hydrogens (tertiary/aromatic N) is 7. The molecule has 2 aromatic heterocycles. The van der Waals surface area contributed by atoms with Gasteiger partial charge in [0.25, 0.3) is 0 Å². The molecule has 0 spiro atoms. The molecule has 224 valence electrons. The van der Waals surface area contributed by atoms with Crippen LogP contribution in [0, 0.1) is 0 Å². The maximum absolute atomic E-state index is 11.6. The lowest BCUT2D eigenvalue weighted by Crippen LogP contribution is -2.32. The summed E-state index contributed by atoms with van der Waals surface area (Å²) in [4.78, 5) is 24.1. The number of benzene rings is 1. The molecule has 1 unspecified atom stereocenters. The third kappa shape index (κ3) is 10.8. The number of nitrogens with two attached hydrogens (primary N) is 1. The van der Waals surface area contributed by atoms with Crippen LogP contribution in [0.2, 0.25) is 0 Å². The van der Waals surface area contributed by atoms with E-state index in [4.69, 9.17) is 10.2 Å². The van der Waals surface area contributed by atoms with E-state index in [9.17, 15) is 23.1 Å². The van der Waals surface area contributed by atoms with E-state index in [0.717, 1.165) is 30.6 Å². The summed E-state index contributed by atoms with van der Waals surface area (Å²) in [6, 6.07) is 6.39. The first-order valence-electron chi connectivity index (χ1n) is 13.1. The third-order valence-electron chi connectivity index (χ3n) is 6.16. The van der Waals surface area contributed by atoms with Crippen LogP contribution in [0.15, 0.2) is 41.6 Å². The van der Waals surface area contributed by atoms with Crippen LogP contribution in [-0.4, -0.2) is 78.8 Å². The second-order valence-electron chi connectivity index (χ2n) is 9.51. The first kappa shape index (κ1) is 31.4. The molecule has 0 fully saturated rings. The van der Waals surface area contributed by atoms with Gasteiger partial charge in [-0.25, -0.2) is 27.8 Å². The molecule has 0 bridgehead atoms. The maximum atomic E-state index is 11.6. The standard InChI is InChI=1S/C24H36N10O6S/c1-2-3-12-33-16-19(28-30-33)14-32(13-10-18-6-8-21(9-7-18)41(25,39)40)15-20-17-34(31-29-20)22(27-24(37)38)5-4-11-26-23(35)36/h6-9,16-17,22,26-27H,2-5,10-15H2,1H3,(H,35,36)(H,37,38)(H2,25,39,40). The molecule has 1 atom stereocenters. The zero-order valence-electron chi connectivity index (χ0n) is 22.8. The minimum Gasteiger partial charge on any atom is -0.465 e. The van der Waals surface area contributed by atoms with Crippen LogP contribution >= 0.6 is 0 Å². The summed E-state index contributed by atoms with van der Waals surface area (Å²) < 4.78 is 26.4. The molecule has 3 aromatic rings. The molecule has 6 N–H and O–H groups in total. The van der Waals surface area contributed by atoms with Crippen molar-refractivity contribution in [2.45, 2.75) is 69.7 Å². The van der Waals surface area contributed by atoms with Gasteiger partial charge in [-0.1, -0.05) is 35.9 Å². The van der Waals surface area contributed by atoms with Crippen LogP contribution in [0.25, 0.3) is 0 Å². The van der Waals surface area contributed by atoms with Gasteiger partial charge in [-0.3, -0.25) is 14.9 Å². The second-order valence-corrected chi connectivity index (χ2v) is 11.1. The summed E-state index contributed by atoms with van der Waals surface area (Å²) in [6.07, 6.45) is 3.75. The molecule has 0 radical (unpaired) electrons. The lowest BCUT2D eigenvalue weighted by molar-refractivity contribution is 0.179. The number of rotatable bonds is 17. The van der Waals surface area contributed by atoms with Crippen molar-refractivity contribution in [2.24, 2.45) is 5.14 Å². The molecule has 2 amide bonds. The van der Waals surface area contributed by atoms with E-state index in [0.29, 0.717) is 44.6 Å². The predicted molar refractivity (Wildman–Crippen MR) is 146 cm³/mol. The van der Waals surface area contributed by atoms with Gasteiger partial charge < -0.3 is 15.5 Å². The lowest BCUT2D eigenvalue weighted by Gasteiger charge is -2.20. The predicted octanol–water partition coefficient (Wildman–Crippen LogP) is 1.38. The molecule has 0 saturated carbocycles. The fraction of sp³-hybridized carbons (Fsp3) is 0.500. The normalized spacial score (nSPS) is 12.4. The number of nitrogens with one attached hydrogen (secondary N) is 2. The number of carbonyl (C=O) groups is 2. The van der Waals surface area contributed by atoms with E-state index in [1.54, 1.807) is 23.0 Å². The average molecular weight is 593 g/mol. The summed E-state index contributed by atoms with van der Waals surface area (Å²) >= 11 is 0. The molecule has 3 rings (SSSR count). The number of primary sulfonamides is 1. The van der Waals surface area contributed by atoms with Crippen LogP contribution in [0.4, 0.5) is 9.59 Å². The Kier molecular flexibility index (Phi) is 11.5. The largest absolute Gasteiger partial charge is 0.465 e. The first-order valence-corrected chi connectivity index (χ1v) is 14.7. The maximum Gasteiger partial charge on any atom is 0.406 e. The van der Waals surface area contributed by atoms with E-state index in [1.165, 1.54) is 16.8 Å². The van der Waals surface area contributed by atoms with Crippen molar-refractivity contribution in [3.05, 3.63) is 53.6 Å². The number of amides is 2. The second kappa shape index (κ2) is 15.1. The molecular formula is C24H36N10O6S. The summed E-state index contributed by atoms with van der Waals surface area (Å²) in [7, 11) is -3.78. The van der Waals surface area contributed by atoms with Crippen LogP contribution < -0.4 is 15.8 Å². The average Bonchev–Trinajstić information content (AvgIpc) is 3.57. The molecule has 41 heavy (non-hydrogen) atoms. The fourth-order valence-electron chi connectivity index (χ4n) is 4.09. The smallest absolute Gasteiger partial charge is 0.406 e. The molecule has 0 aliphatic heterocycles. The number of hydrogen-bond donors (Lipinski definition) is 5. The van der Waals surface area contributed by atoms with E-state index < -0.39 is 28.4 Å². The minimum absolute atomic E-state index is 0.0432. The quantitative estimate of drug-likeness (QED) is 0.141. The monoisotopic (exact) mass is 592 g/mol. The molecule has 0 saturated heterocycles. The molecule has 2 heterocycles. The van der Waals surface area contributed by atoms with Gasteiger partial charge in [0.2, 0.25) is 10.0 Å². The van der Waals surface area contributed by atoms with Crippen molar-refractivity contribution < 1.29 is 28.2 Å². The zero-order chi connectivity index (χ0) is 29.8. The Morgan fingerprint density at radius 3 is 2.34 bits per heavy atom. The van der Waals surface area contributed by atoms with Gasteiger partial charge in [-0.2, -0.15) is 0 Å². The van der Waals surface area contributed by atoms with Crippen molar-refractivity contribution in [1.82, 2.24) is 45.5 Å². The summed E-state index contributed by atoms with van der Waals surface area (Å²) in [6.45, 7) is 4.45. The Bertz CT molecular complexity index is 1380. The van der Waals surface area contributed by atoms with Gasteiger partial charge in [0.1, 0.15) is 6.17 Å². The Balaban J connectivity index is 1.72. The van der Waals surface area contributed by atoms with Crippen molar-refractivity contribution in [3.8, 4) is 0 Å². The lowest BCUT2D eigenvalue weighted by atomic mass is 10.1. The van der Waals surface area contributed by atoms with Gasteiger partial charge in [-0.15, -0.1) is 10.2 Å². The van der Waals surface area contributed by atoms with E-state index in [1.807, 2.05) is 6.20 Å². The minimum atomic E-state index is -3.78. The van der Waals surface area contributed by atoms with Crippen molar-refractivity contribution in [2.75, 3.05) is 13.1 Å². The van der Waals surface area contributed by atoms with Crippen molar-refractivity contribution in [3.63, 3.8) is 0 Å². The Hall–Kier alpha value is -4.09. The van der Waals surface area contributed by atoms with Crippen LogP contribution in [-0.2, 0) is 36.1 Å². The fourth-order valence-corrected chi connectivity index (χ4v) is 4.60. The van der Waals surface area contributed by atoms with E-state index in [-0.39, 0.29) is 11.4 Å². The summed E-state index contributed by atoms with van der Waals surface area (Å²) in [5, 5.41) is 44.7. The molecule has 0 aliphatic carbocycles. The highest BCUT2D eigenvalue weighted by Crippen LogP contribution is 2.14. The van der Waals surface area contributed by atoms with Gasteiger partial charge in [0, 0.05) is 38.9 Å². The Morgan fingerprint density at radius 2 is 1.71 bits per heavy atom. The number of aryl methyl sites for hydroxylation is 1. The SMILES string of the molecule is CCCCn1cc(CN(CCc2ccc(S(N)(=O)=O)cc2)Cc2cn(C(CCCNC(=O)O)NC(=O)O)nn2)nn1. The van der Waals surface area contributed by atoms with Crippen LogP contribution in [0.3, 0.4) is 0 Å². The highest BCUT2D eigenvalue weighted by molar-refractivity contribution is 7.89. The van der Waals surface area contributed by atoms with Gasteiger partial charge in [0.05, 0.1) is 22.5 Å². The zero-order valence-corrected chi connectivity index (χ0v) is 23.6. The van der Waals surface area contributed by atoms with Gasteiger partial charge in [0.15, 0.2) is 0 Å². The van der Waals surface area contributed by atoms with Crippen LogP contribution in [0.1, 0.15) is 55.7 Å². The molecule has 17 heteroatoms. The van der Waals surface area contributed by atoms with Crippen LogP contribution in [0.5, 0.6) is 0 Å². The highest BCUT2D eigenvalue weighted by atomic mass is 32.2. The molecule has 16 nitrogen and oxygen atoms in total. The highest BCUT2D eigenvalue weighted by Gasteiger charge is 2.18. The van der Waals surface area contributed by atoms with E-state index in [2.05, 4.69) is 43.1 Å². The topological polar surface area (TPSA) is 223 Å². The molecular weight excluding hydrogens is 556 g/mol. The number of unbranched alkanes of at least 4 members (excludes halogenated alkanes) is 1. The molecule has 0 aliphatic rings. The Morgan fingerprint density at radius 1 is 1.02 bits per heavy atom. The van der Waals surface area contributed by atoms with Crippen molar-refractivity contribution in [1.29, 1.82) is 0 Å². The Labute approximate surface area is 237 Å². The van der Waals surface area contributed by atoms with E-state index >= 15 is 0 Å². The molecule has 1 aromatic carbocycles. The number of sulfonamides is 1. The number of carboxylic acid groups (broad SMARTS) is 2. The van der Waals surface area contributed by atoms with Gasteiger partial charge in [-0.05, 0) is 43.4 Å².